The highest BCUT2D eigenvalue weighted by molar-refractivity contribution is 8.00. The monoisotopic (exact) mass is 260 g/mol. The van der Waals surface area contributed by atoms with E-state index in [1.807, 2.05) is 37.3 Å². The molecule has 0 saturated heterocycles. The predicted molar refractivity (Wildman–Crippen MR) is 73.6 cm³/mol. The number of carbonyl (C=O) groups is 2. The van der Waals surface area contributed by atoms with Gasteiger partial charge in [-0.05, 0) is 38.0 Å². The second-order valence-electron chi connectivity index (χ2n) is 4.94. The normalized spacial score (nSPS) is 27.8. The third-order valence-electron chi connectivity index (χ3n) is 3.14. The van der Waals surface area contributed by atoms with Crippen LogP contribution in [-0.4, -0.2) is 17.3 Å². The Hall–Kier alpha value is -1.35. The van der Waals surface area contributed by atoms with E-state index in [1.54, 1.807) is 24.8 Å². The lowest BCUT2D eigenvalue weighted by molar-refractivity contribution is -0.118. The molecule has 0 saturated carbocycles. The van der Waals surface area contributed by atoms with Crippen molar-refractivity contribution < 1.29 is 9.59 Å². The Morgan fingerprint density at radius 1 is 1.33 bits per heavy atom. The van der Waals surface area contributed by atoms with E-state index in [0.29, 0.717) is 12.0 Å². The summed E-state index contributed by atoms with van der Waals surface area (Å²) >= 11 is 1.54. The second-order valence-corrected chi connectivity index (χ2v) is 6.22. The fourth-order valence-corrected chi connectivity index (χ4v) is 3.59. The van der Waals surface area contributed by atoms with Crippen LogP contribution >= 0.6 is 11.8 Å². The van der Waals surface area contributed by atoms with E-state index in [2.05, 4.69) is 0 Å². The SMILES string of the molecule is CC1=CC(C)(C=O)CC(Sc2ccccc2)C1=O. The van der Waals surface area contributed by atoms with Crippen LogP contribution in [-0.2, 0) is 9.59 Å². The van der Waals surface area contributed by atoms with Crippen molar-refractivity contribution in [3.63, 3.8) is 0 Å². The van der Waals surface area contributed by atoms with Gasteiger partial charge in [-0.1, -0.05) is 24.3 Å². The van der Waals surface area contributed by atoms with Crippen LogP contribution in [0.1, 0.15) is 20.3 Å². The number of aldehydes is 1. The number of Topliss-reactive ketones (excluding diaryl/α,β-unsaturated/α-hetero) is 1. The average Bonchev–Trinajstić information content (AvgIpc) is 2.37. The minimum atomic E-state index is -0.509. The van der Waals surface area contributed by atoms with Crippen molar-refractivity contribution >= 4 is 23.8 Å². The maximum Gasteiger partial charge on any atom is 0.171 e. The summed E-state index contributed by atoms with van der Waals surface area (Å²) in [5.41, 5.74) is 0.189. The lowest BCUT2D eigenvalue weighted by Gasteiger charge is -2.30. The Bertz CT molecular complexity index is 492. The molecule has 0 bridgehead atoms. The average molecular weight is 260 g/mol. The van der Waals surface area contributed by atoms with Gasteiger partial charge in [-0.15, -0.1) is 11.8 Å². The highest BCUT2D eigenvalue weighted by atomic mass is 32.2. The van der Waals surface area contributed by atoms with Crippen molar-refractivity contribution in [2.24, 2.45) is 5.41 Å². The molecule has 0 aliphatic heterocycles. The van der Waals surface area contributed by atoms with E-state index >= 15 is 0 Å². The van der Waals surface area contributed by atoms with E-state index in [0.717, 1.165) is 11.2 Å². The topological polar surface area (TPSA) is 34.1 Å². The zero-order valence-electron chi connectivity index (χ0n) is 10.6. The third-order valence-corrected chi connectivity index (χ3v) is 4.35. The van der Waals surface area contributed by atoms with Crippen LogP contribution in [0, 0.1) is 5.41 Å². The van der Waals surface area contributed by atoms with Crippen LogP contribution in [0.3, 0.4) is 0 Å². The quantitative estimate of drug-likeness (QED) is 0.782. The molecule has 1 aromatic carbocycles. The van der Waals surface area contributed by atoms with Crippen LogP contribution in [0.25, 0.3) is 0 Å². The summed E-state index contributed by atoms with van der Waals surface area (Å²) in [4.78, 5) is 24.4. The lowest BCUT2D eigenvalue weighted by Crippen LogP contribution is -2.33. The van der Waals surface area contributed by atoms with Crippen LogP contribution in [0.2, 0.25) is 0 Å². The maximum absolute atomic E-state index is 12.1. The molecule has 1 aliphatic rings. The van der Waals surface area contributed by atoms with Gasteiger partial charge in [0, 0.05) is 10.3 Å². The molecule has 94 valence electrons. The van der Waals surface area contributed by atoms with Crippen molar-refractivity contribution in [2.75, 3.05) is 0 Å². The summed E-state index contributed by atoms with van der Waals surface area (Å²) < 4.78 is 0. The molecule has 0 N–H and O–H groups in total. The maximum atomic E-state index is 12.1. The molecule has 2 rings (SSSR count). The highest BCUT2D eigenvalue weighted by Crippen LogP contribution is 2.38. The van der Waals surface area contributed by atoms with Gasteiger partial charge in [-0.3, -0.25) is 4.79 Å². The van der Waals surface area contributed by atoms with Crippen molar-refractivity contribution in [3.8, 4) is 0 Å². The Balaban J connectivity index is 2.22. The number of benzene rings is 1. The first-order valence-corrected chi connectivity index (χ1v) is 6.84. The van der Waals surface area contributed by atoms with Crippen molar-refractivity contribution in [1.29, 1.82) is 0 Å². The van der Waals surface area contributed by atoms with Gasteiger partial charge >= 0.3 is 0 Å². The van der Waals surface area contributed by atoms with E-state index in [4.69, 9.17) is 0 Å². The smallest absolute Gasteiger partial charge is 0.171 e. The fourth-order valence-electron chi connectivity index (χ4n) is 2.21. The Morgan fingerprint density at radius 2 is 2.00 bits per heavy atom. The highest BCUT2D eigenvalue weighted by Gasteiger charge is 2.36. The van der Waals surface area contributed by atoms with Crippen LogP contribution in [0.5, 0.6) is 0 Å². The van der Waals surface area contributed by atoms with Crippen LogP contribution in [0.15, 0.2) is 46.9 Å². The Labute approximate surface area is 111 Å². The van der Waals surface area contributed by atoms with E-state index in [1.165, 1.54) is 0 Å². The predicted octanol–water partition coefficient (Wildman–Crippen LogP) is 3.27. The zero-order valence-corrected chi connectivity index (χ0v) is 11.4. The van der Waals surface area contributed by atoms with Crippen molar-refractivity contribution in [1.82, 2.24) is 0 Å². The Morgan fingerprint density at radius 3 is 2.61 bits per heavy atom. The van der Waals surface area contributed by atoms with E-state index < -0.39 is 5.41 Å². The molecule has 0 aromatic heterocycles. The van der Waals surface area contributed by atoms with Gasteiger partial charge in [-0.2, -0.15) is 0 Å². The summed E-state index contributed by atoms with van der Waals surface area (Å²) in [5, 5.41) is -0.160. The van der Waals surface area contributed by atoms with Gasteiger partial charge in [-0.25, -0.2) is 0 Å². The molecular formula is C15H16O2S. The molecule has 2 unspecified atom stereocenters. The molecular weight excluding hydrogens is 244 g/mol. The van der Waals surface area contributed by atoms with E-state index in [9.17, 15) is 9.59 Å². The fraction of sp³-hybridized carbons (Fsp3) is 0.333. The number of rotatable bonds is 3. The molecule has 0 radical (unpaired) electrons. The molecule has 0 fully saturated rings. The number of hydrogen-bond acceptors (Lipinski definition) is 3. The minimum Gasteiger partial charge on any atom is -0.302 e. The number of hydrogen-bond donors (Lipinski definition) is 0. The number of carbonyl (C=O) groups excluding carboxylic acids is 2. The van der Waals surface area contributed by atoms with Gasteiger partial charge in [0.1, 0.15) is 6.29 Å². The summed E-state index contributed by atoms with van der Waals surface area (Å²) in [6.07, 6.45) is 3.32. The first-order chi connectivity index (χ1) is 8.54. The van der Waals surface area contributed by atoms with Gasteiger partial charge < -0.3 is 4.79 Å². The van der Waals surface area contributed by atoms with Crippen molar-refractivity contribution in [2.45, 2.75) is 30.4 Å². The lowest BCUT2D eigenvalue weighted by atomic mass is 9.79. The summed E-state index contributed by atoms with van der Waals surface area (Å²) in [6, 6.07) is 9.84. The van der Waals surface area contributed by atoms with Gasteiger partial charge in [0.15, 0.2) is 5.78 Å². The summed E-state index contributed by atoms with van der Waals surface area (Å²) in [6.45, 7) is 3.68. The van der Waals surface area contributed by atoms with Crippen molar-refractivity contribution in [3.05, 3.63) is 42.0 Å². The number of thioether (sulfide) groups is 1. The molecule has 1 aromatic rings. The van der Waals surface area contributed by atoms with Crippen LogP contribution < -0.4 is 0 Å². The van der Waals surface area contributed by atoms with Gasteiger partial charge in [0.05, 0.1) is 5.25 Å². The van der Waals surface area contributed by atoms with E-state index in [-0.39, 0.29) is 11.0 Å². The third kappa shape index (κ3) is 2.72. The number of ketones is 1. The molecule has 18 heavy (non-hydrogen) atoms. The molecule has 0 spiro atoms. The minimum absolute atomic E-state index is 0.142. The molecule has 3 heteroatoms. The largest absolute Gasteiger partial charge is 0.302 e. The van der Waals surface area contributed by atoms with Gasteiger partial charge in [0.2, 0.25) is 0 Å². The van der Waals surface area contributed by atoms with Crippen LogP contribution in [0.4, 0.5) is 0 Å². The summed E-state index contributed by atoms with van der Waals surface area (Å²) in [5.74, 6) is 0.142. The molecule has 1 aliphatic carbocycles. The summed E-state index contributed by atoms with van der Waals surface area (Å²) in [7, 11) is 0. The zero-order chi connectivity index (χ0) is 13.2. The second kappa shape index (κ2) is 5.11. The number of allylic oxidation sites excluding steroid dienone is 2. The molecule has 0 amide bonds. The molecule has 2 nitrogen and oxygen atoms in total. The molecule has 2 atom stereocenters. The first kappa shape index (κ1) is 13.1. The van der Waals surface area contributed by atoms with Gasteiger partial charge in [0.25, 0.3) is 0 Å². The molecule has 0 heterocycles. The first-order valence-electron chi connectivity index (χ1n) is 5.96. The Kier molecular flexibility index (Phi) is 3.71. The standard InChI is InChI=1S/C15H16O2S/c1-11-8-15(2,10-16)9-13(14(11)17)18-12-6-4-3-5-7-12/h3-8,10,13H,9H2,1-2H3.